The fraction of sp³-hybridized carbons (Fsp3) is 0.636. The Kier molecular flexibility index (Phi) is 2.99. The number of morpholine rings is 1. The van der Waals surface area contributed by atoms with Crippen molar-refractivity contribution in [1.82, 2.24) is 5.32 Å². The summed E-state index contributed by atoms with van der Waals surface area (Å²) in [6, 6.07) is 0.436. The Balaban J connectivity index is 1.88. The van der Waals surface area contributed by atoms with E-state index in [9.17, 15) is 4.39 Å². The number of rotatable bonds is 1. The Morgan fingerprint density at radius 3 is 3.00 bits per heavy atom. The van der Waals surface area contributed by atoms with Gasteiger partial charge in [0, 0.05) is 18.5 Å². The zero-order valence-corrected chi connectivity index (χ0v) is 8.37. The number of allylic oxidation sites excluding steroid dienone is 3. The Hall–Kier alpha value is -0.670. The molecule has 1 saturated heterocycles. The van der Waals surface area contributed by atoms with Crippen molar-refractivity contribution in [3.8, 4) is 0 Å². The molecule has 0 amide bonds. The van der Waals surface area contributed by atoms with Crippen molar-refractivity contribution in [2.24, 2.45) is 5.92 Å². The maximum absolute atomic E-state index is 12.7. The molecular weight excluding hydrogens is 181 g/mol. The first kappa shape index (κ1) is 9.87. The lowest BCUT2D eigenvalue weighted by Crippen LogP contribution is -2.47. The molecule has 1 aliphatic carbocycles. The highest BCUT2D eigenvalue weighted by Gasteiger charge is 2.25. The molecule has 0 radical (unpaired) electrons. The van der Waals surface area contributed by atoms with Gasteiger partial charge < -0.3 is 10.1 Å². The van der Waals surface area contributed by atoms with Crippen LogP contribution >= 0.6 is 0 Å². The second kappa shape index (κ2) is 4.24. The summed E-state index contributed by atoms with van der Waals surface area (Å²) in [7, 11) is 0. The molecule has 14 heavy (non-hydrogen) atoms. The van der Waals surface area contributed by atoms with Gasteiger partial charge >= 0.3 is 0 Å². The zero-order chi connectivity index (χ0) is 9.97. The fourth-order valence-corrected chi connectivity index (χ4v) is 1.86. The molecule has 3 heteroatoms. The van der Waals surface area contributed by atoms with Gasteiger partial charge in [0.15, 0.2) is 0 Å². The van der Waals surface area contributed by atoms with E-state index in [4.69, 9.17) is 4.74 Å². The smallest absolute Gasteiger partial charge is 0.118 e. The average Bonchev–Trinajstić information content (AvgIpc) is 2.21. The highest BCUT2D eigenvalue weighted by Crippen LogP contribution is 2.23. The van der Waals surface area contributed by atoms with Crippen molar-refractivity contribution >= 4 is 0 Å². The molecule has 0 aromatic heterocycles. The van der Waals surface area contributed by atoms with Crippen LogP contribution in [0, 0.1) is 5.92 Å². The van der Waals surface area contributed by atoms with Crippen LogP contribution in [0.25, 0.3) is 0 Å². The maximum Gasteiger partial charge on any atom is 0.118 e. The summed E-state index contributed by atoms with van der Waals surface area (Å²) >= 11 is 0. The van der Waals surface area contributed by atoms with Crippen molar-refractivity contribution in [3.63, 3.8) is 0 Å². The summed E-state index contributed by atoms with van der Waals surface area (Å²) in [5, 5.41) is 3.37. The topological polar surface area (TPSA) is 21.3 Å². The molecule has 0 saturated carbocycles. The van der Waals surface area contributed by atoms with Crippen molar-refractivity contribution in [3.05, 3.63) is 24.1 Å². The minimum Gasteiger partial charge on any atom is -0.375 e. The van der Waals surface area contributed by atoms with Crippen molar-refractivity contribution in [2.45, 2.75) is 25.5 Å². The van der Waals surface area contributed by atoms with E-state index in [1.54, 1.807) is 6.08 Å². The van der Waals surface area contributed by atoms with Crippen LogP contribution in [0.3, 0.4) is 0 Å². The van der Waals surface area contributed by atoms with Crippen LogP contribution in [0.4, 0.5) is 4.39 Å². The minimum atomic E-state index is -0.126. The van der Waals surface area contributed by atoms with Crippen molar-refractivity contribution < 1.29 is 9.13 Å². The Labute approximate surface area is 83.8 Å². The van der Waals surface area contributed by atoms with Crippen LogP contribution in [0.2, 0.25) is 0 Å². The maximum atomic E-state index is 12.7. The van der Waals surface area contributed by atoms with E-state index in [1.165, 1.54) is 6.08 Å². The molecule has 0 spiro atoms. The van der Waals surface area contributed by atoms with Crippen LogP contribution in [-0.2, 0) is 4.74 Å². The lowest BCUT2D eigenvalue weighted by molar-refractivity contribution is -0.0147. The Morgan fingerprint density at radius 1 is 1.57 bits per heavy atom. The molecule has 78 valence electrons. The Bertz CT molecular complexity index is 254. The summed E-state index contributed by atoms with van der Waals surface area (Å²) in [4.78, 5) is 0. The molecule has 1 N–H and O–H groups in total. The van der Waals surface area contributed by atoms with E-state index in [1.807, 2.05) is 6.08 Å². The minimum absolute atomic E-state index is 0.126. The van der Waals surface area contributed by atoms with Gasteiger partial charge in [-0.2, -0.15) is 0 Å². The third-order valence-corrected chi connectivity index (χ3v) is 2.79. The van der Waals surface area contributed by atoms with Crippen LogP contribution in [-0.4, -0.2) is 25.3 Å². The highest BCUT2D eigenvalue weighted by atomic mass is 19.1. The van der Waals surface area contributed by atoms with Gasteiger partial charge in [-0.1, -0.05) is 6.08 Å². The summed E-state index contributed by atoms with van der Waals surface area (Å²) in [5.74, 6) is 0.202. The van der Waals surface area contributed by atoms with Crippen LogP contribution in [0.15, 0.2) is 24.1 Å². The predicted molar refractivity (Wildman–Crippen MR) is 53.6 cm³/mol. The molecule has 2 aliphatic rings. The molecule has 1 unspecified atom stereocenters. The summed E-state index contributed by atoms with van der Waals surface area (Å²) in [5.41, 5.74) is 0. The molecule has 1 aliphatic heterocycles. The first-order chi connectivity index (χ1) is 6.75. The van der Waals surface area contributed by atoms with Gasteiger partial charge in [0.2, 0.25) is 0 Å². The molecule has 0 aromatic carbocycles. The lowest BCUT2D eigenvalue weighted by atomic mass is 9.93. The normalized spacial score (nSPS) is 38.1. The number of hydrogen-bond donors (Lipinski definition) is 1. The standard InChI is InChI=1S/C11H16FNO/c1-8-7-14-11(6-13-8)9-2-4-10(12)5-3-9/h2,4-5,8-9,11,13H,3,6-7H2,1H3/t8-,9+,11?/m0/s1. The third-order valence-electron chi connectivity index (χ3n) is 2.79. The van der Waals surface area contributed by atoms with Crippen molar-refractivity contribution in [1.29, 1.82) is 0 Å². The zero-order valence-electron chi connectivity index (χ0n) is 8.37. The molecule has 1 fully saturated rings. The average molecular weight is 197 g/mol. The van der Waals surface area contributed by atoms with E-state index in [0.717, 1.165) is 19.6 Å². The largest absolute Gasteiger partial charge is 0.375 e. The predicted octanol–water partition coefficient (Wildman–Crippen LogP) is 1.79. The third kappa shape index (κ3) is 2.22. The molecule has 2 nitrogen and oxygen atoms in total. The Morgan fingerprint density at radius 2 is 2.43 bits per heavy atom. The van der Waals surface area contributed by atoms with Gasteiger partial charge in [-0.15, -0.1) is 0 Å². The summed E-state index contributed by atoms with van der Waals surface area (Å²) in [6.07, 6.45) is 6.04. The first-order valence-electron chi connectivity index (χ1n) is 5.14. The van der Waals surface area contributed by atoms with Crippen LogP contribution in [0.5, 0.6) is 0 Å². The number of ether oxygens (including phenoxy) is 1. The second-order valence-electron chi connectivity index (χ2n) is 4.03. The number of nitrogens with one attached hydrogen (secondary N) is 1. The molecule has 0 aromatic rings. The van der Waals surface area contributed by atoms with E-state index in [2.05, 4.69) is 12.2 Å². The quantitative estimate of drug-likeness (QED) is 0.692. The van der Waals surface area contributed by atoms with E-state index in [0.29, 0.717) is 12.0 Å². The first-order valence-corrected chi connectivity index (χ1v) is 5.14. The summed E-state index contributed by atoms with van der Waals surface area (Å²) < 4.78 is 18.4. The summed E-state index contributed by atoms with van der Waals surface area (Å²) in [6.45, 7) is 3.72. The second-order valence-corrected chi connectivity index (χ2v) is 4.03. The molecule has 0 bridgehead atoms. The molecular formula is C11H16FNO. The van der Waals surface area contributed by atoms with Gasteiger partial charge in [0.25, 0.3) is 0 Å². The SMILES string of the molecule is C[C@H]1COC([C@@H]2C=CC(F)=CC2)CN1. The van der Waals surface area contributed by atoms with Gasteiger partial charge in [-0.3, -0.25) is 0 Å². The van der Waals surface area contributed by atoms with E-state index >= 15 is 0 Å². The van der Waals surface area contributed by atoms with E-state index < -0.39 is 0 Å². The van der Waals surface area contributed by atoms with Crippen molar-refractivity contribution in [2.75, 3.05) is 13.2 Å². The van der Waals surface area contributed by atoms with Gasteiger partial charge in [0.05, 0.1) is 12.7 Å². The van der Waals surface area contributed by atoms with Gasteiger partial charge in [-0.25, -0.2) is 4.39 Å². The molecule has 1 heterocycles. The van der Waals surface area contributed by atoms with E-state index in [-0.39, 0.29) is 11.9 Å². The van der Waals surface area contributed by atoms with Crippen LogP contribution < -0.4 is 5.32 Å². The monoisotopic (exact) mass is 197 g/mol. The highest BCUT2D eigenvalue weighted by molar-refractivity contribution is 5.18. The van der Waals surface area contributed by atoms with Gasteiger partial charge in [-0.05, 0) is 25.5 Å². The fourth-order valence-electron chi connectivity index (χ4n) is 1.86. The number of hydrogen-bond acceptors (Lipinski definition) is 2. The van der Waals surface area contributed by atoms with Gasteiger partial charge in [0.1, 0.15) is 5.83 Å². The molecule has 2 rings (SSSR count). The van der Waals surface area contributed by atoms with Crippen LogP contribution in [0.1, 0.15) is 13.3 Å². The lowest BCUT2D eigenvalue weighted by Gasteiger charge is -2.32. The molecule has 3 atom stereocenters. The number of halogens is 1.